The zero-order valence-corrected chi connectivity index (χ0v) is 21.9. The van der Waals surface area contributed by atoms with Gasteiger partial charge in [-0.05, 0) is 48.4 Å². The van der Waals surface area contributed by atoms with Crippen molar-refractivity contribution in [1.82, 2.24) is 19.9 Å². The highest BCUT2D eigenvalue weighted by Gasteiger charge is 2.17. The first-order chi connectivity index (χ1) is 17.9. The predicted molar refractivity (Wildman–Crippen MR) is 147 cm³/mol. The molecule has 9 nitrogen and oxygen atoms in total. The van der Waals surface area contributed by atoms with Crippen LogP contribution in [0.3, 0.4) is 0 Å². The summed E-state index contributed by atoms with van der Waals surface area (Å²) in [7, 11) is -3.53. The Balaban J connectivity index is 1.36. The summed E-state index contributed by atoms with van der Waals surface area (Å²) in [5.74, 6) is 0.641. The molecule has 0 atom stereocenters. The second-order valence-corrected chi connectivity index (χ2v) is 11.1. The maximum Gasteiger partial charge on any atom is 0.234 e. The molecule has 4 aromatic rings. The molecular weight excluding hydrogens is 512 g/mol. The number of hydrogen-bond acceptors (Lipinski definition) is 8. The van der Waals surface area contributed by atoms with Crippen LogP contribution < -0.4 is 10.0 Å². The number of hydrogen-bond donors (Lipinski definition) is 2. The van der Waals surface area contributed by atoms with E-state index < -0.39 is 10.0 Å². The van der Waals surface area contributed by atoms with Crippen LogP contribution in [0.4, 0.5) is 17.2 Å². The lowest BCUT2D eigenvalue weighted by molar-refractivity contribution is 0.0408. The van der Waals surface area contributed by atoms with E-state index >= 15 is 0 Å². The predicted octanol–water partition coefficient (Wildman–Crippen LogP) is 4.47. The number of pyridine rings is 1. The summed E-state index contributed by atoms with van der Waals surface area (Å²) in [6.45, 7) is 5.15. The average Bonchev–Trinajstić information content (AvgIpc) is 2.90. The van der Waals surface area contributed by atoms with Crippen LogP contribution in [0.2, 0.25) is 5.02 Å². The molecule has 0 bridgehead atoms. The van der Waals surface area contributed by atoms with Crippen molar-refractivity contribution in [2.75, 3.05) is 48.6 Å². The van der Waals surface area contributed by atoms with Gasteiger partial charge in [0.2, 0.25) is 10.0 Å². The van der Waals surface area contributed by atoms with Crippen molar-refractivity contribution in [2.45, 2.75) is 6.92 Å². The Bertz CT molecular complexity index is 1530. The van der Waals surface area contributed by atoms with Gasteiger partial charge >= 0.3 is 0 Å². The fraction of sp³-hybridized carbons (Fsp3) is 0.269. The molecule has 2 aromatic carbocycles. The normalized spacial score (nSPS) is 14.5. The van der Waals surface area contributed by atoms with Crippen LogP contribution in [0.1, 0.15) is 5.56 Å². The lowest BCUT2D eigenvalue weighted by atomic mass is 10.0. The van der Waals surface area contributed by atoms with Gasteiger partial charge in [-0.25, -0.2) is 18.4 Å². The Hall–Kier alpha value is -3.31. The van der Waals surface area contributed by atoms with Crippen LogP contribution in [0, 0.1) is 6.92 Å². The van der Waals surface area contributed by atoms with Crippen molar-refractivity contribution in [2.24, 2.45) is 0 Å². The van der Waals surface area contributed by atoms with E-state index in [1.807, 2.05) is 43.3 Å². The fourth-order valence-corrected chi connectivity index (χ4v) is 5.35. The number of benzene rings is 2. The van der Waals surface area contributed by atoms with Gasteiger partial charge in [-0.15, -0.1) is 0 Å². The maximum atomic E-state index is 12.7. The van der Waals surface area contributed by atoms with Gasteiger partial charge < -0.3 is 10.1 Å². The zero-order chi connectivity index (χ0) is 25.8. The SMILES string of the molecule is Cc1ccc(Nc2ncnc3ccc(-c4cncc(NS(=O)(=O)CCN5CCOCC5)c4)cc23)cc1Cl. The van der Waals surface area contributed by atoms with Crippen molar-refractivity contribution in [1.29, 1.82) is 0 Å². The van der Waals surface area contributed by atoms with Crippen LogP contribution in [0.5, 0.6) is 0 Å². The molecule has 1 fully saturated rings. The lowest BCUT2D eigenvalue weighted by Gasteiger charge is -2.26. The van der Waals surface area contributed by atoms with E-state index in [4.69, 9.17) is 16.3 Å². The average molecular weight is 539 g/mol. The number of sulfonamides is 1. The van der Waals surface area contributed by atoms with Gasteiger partial charge in [0.25, 0.3) is 0 Å². The summed E-state index contributed by atoms with van der Waals surface area (Å²) in [6, 6.07) is 13.3. The molecule has 2 N–H and O–H groups in total. The molecule has 1 aliphatic rings. The van der Waals surface area contributed by atoms with Gasteiger partial charge in [0.05, 0.1) is 36.4 Å². The highest BCUT2D eigenvalue weighted by Crippen LogP contribution is 2.30. The molecule has 0 unspecified atom stereocenters. The van der Waals surface area contributed by atoms with Crippen molar-refractivity contribution in [3.8, 4) is 11.1 Å². The number of ether oxygens (including phenoxy) is 1. The number of aromatic nitrogens is 3. The minimum absolute atomic E-state index is 0.00258. The Kier molecular flexibility index (Phi) is 7.52. The van der Waals surface area contributed by atoms with Crippen LogP contribution in [-0.2, 0) is 14.8 Å². The Morgan fingerprint density at radius 1 is 1.00 bits per heavy atom. The summed E-state index contributed by atoms with van der Waals surface area (Å²) in [4.78, 5) is 15.2. The summed E-state index contributed by atoms with van der Waals surface area (Å²) >= 11 is 6.29. The first kappa shape index (κ1) is 25.3. The first-order valence-corrected chi connectivity index (χ1v) is 13.9. The van der Waals surface area contributed by atoms with Crippen LogP contribution in [0.15, 0.2) is 61.2 Å². The van der Waals surface area contributed by atoms with Crippen molar-refractivity contribution >= 4 is 49.7 Å². The van der Waals surface area contributed by atoms with Crippen molar-refractivity contribution in [3.63, 3.8) is 0 Å². The third-order valence-corrected chi connectivity index (χ3v) is 7.87. The van der Waals surface area contributed by atoms with E-state index in [9.17, 15) is 8.42 Å². The largest absolute Gasteiger partial charge is 0.379 e. The standard InChI is InChI=1S/C26H27ClN6O3S/c1-18-2-4-21(14-24(18)27)31-26-23-13-19(3-5-25(23)29-17-30-26)20-12-22(16-28-15-20)32-37(34,35)11-8-33-6-9-36-10-7-33/h2-5,12-17,32H,6-11H2,1H3,(H,29,30,31). The monoisotopic (exact) mass is 538 g/mol. The minimum atomic E-state index is -3.53. The van der Waals surface area contributed by atoms with E-state index in [2.05, 4.69) is 29.9 Å². The van der Waals surface area contributed by atoms with Gasteiger partial charge in [-0.1, -0.05) is 23.7 Å². The van der Waals surface area contributed by atoms with Gasteiger partial charge in [0, 0.05) is 47.5 Å². The molecule has 11 heteroatoms. The number of rotatable bonds is 8. The minimum Gasteiger partial charge on any atom is -0.379 e. The van der Waals surface area contributed by atoms with Gasteiger partial charge in [0.15, 0.2) is 0 Å². The molecule has 0 saturated carbocycles. The number of nitrogens with zero attached hydrogens (tertiary/aromatic N) is 4. The highest BCUT2D eigenvalue weighted by atomic mass is 35.5. The maximum absolute atomic E-state index is 12.7. The molecule has 1 saturated heterocycles. The molecule has 0 amide bonds. The summed E-state index contributed by atoms with van der Waals surface area (Å²) in [5.41, 5.74) is 4.61. The van der Waals surface area contributed by atoms with Crippen LogP contribution >= 0.6 is 11.6 Å². The smallest absolute Gasteiger partial charge is 0.234 e. The molecule has 37 heavy (non-hydrogen) atoms. The van der Waals surface area contributed by atoms with Crippen LogP contribution in [-0.4, -0.2) is 66.9 Å². The number of morpholine rings is 1. The molecule has 2 aromatic heterocycles. The second-order valence-electron chi connectivity index (χ2n) is 8.88. The van der Waals surface area contributed by atoms with E-state index in [-0.39, 0.29) is 5.75 Å². The molecule has 0 aliphatic carbocycles. The third-order valence-electron chi connectivity index (χ3n) is 6.19. The molecule has 1 aliphatic heterocycles. The number of nitrogens with one attached hydrogen (secondary N) is 2. The molecular formula is C26H27ClN6O3S. The van der Waals surface area contributed by atoms with E-state index in [1.54, 1.807) is 12.3 Å². The van der Waals surface area contributed by atoms with Crippen molar-refractivity contribution < 1.29 is 13.2 Å². The Morgan fingerprint density at radius 2 is 1.84 bits per heavy atom. The quantitative estimate of drug-likeness (QED) is 0.338. The van der Waals surface area contributed by atoms with E-state index in [0.29, 0.717) is 36.3 Å². The summed E-state index contributed by atoms with van der Waals surface area (Å²) in [6.07, 6.45) is 4.71. The fourth-order valence-electron chi connectivity index (χ4n) is 4.10. The van der Waals surface area contributed by atoms with Gasteiger partial charge in [0.1, 0.15) is 12.1 Å². The van der Waals surface area contributed by atoms with Gasteiger partial charge in [-0.2, -0.15) is 0 Å². The van der Waals surface area contributed by atoms with E-state index in [0.717, 1.165) is 46.4 Å². The number of aryl methyl sites for hydroxylation is 1. The van der Waals surface area contributed by atoms with Crippen LogP contribution in [0.25, 0.3) is 22.0 Å². The lowest BCUT2D eigenvalue weighted by Crippen LogP contribution is -2.39. The topological polar surface area (TPSA) is 109 Å². The summed E-state index contributed by atoms with van der Waals surface area (Å²) < 4.78 is 33.4. The first-order valence-electron chi connectivity index (χ1n) is 11.9. The Labute approximate surface area is 220 Å². The van der Waals surface area contributed by atoms with E-state index in [1.165, 1.54) is 12.5 Å². The summed E-state index contributed by atoms with van der Waals surface area (Å²) in [5, 5.41) is 4.80. The number of fused-ring (bicyclic) bond motifs is 1. The third kappa shape index (κ3) is 6.34. The molecule has 3 heterocycles. The molecule has 0 radical (unpaired) electrons. The number of halogens is 1. The number of anilines is 3. The second kappa shape index (κ2) is 11.0. The van der Waals surface area contributed by atoms with Gasteiger partial charge in [-0.3, -0.25) is 14.6 Å². The molecule has 0 spiro atoms. The Morgan fingerprint density at radius 3 is 2.65 bits per heavy atom. The molecule has 192 valence electrons. The molecule has 5 rings (SSSR count). The highest BCUT2D eigenvalue weighted by molar-refractivity contribution is 7.92. The zero-order valence-electron chi connectivity index (χ0n) is 20.3. The van der Waals surface area contributed by atoms with Crippen molar-refractivity contribution in [3.05, 3.63) is 71.8 Å².